The maximum absolute atomic E-state index is 10.7. The Morgan fingerprint density at radius 2 is 2.37 bits per heavy atom. The third-order valence-corrected chi connectivity index (χ3v) is 3.52. The highest BCUT2D eigenvalue weighted by Crippen LogP contribution is 2.35. The molecular formula is C15H22N2O2. The fraction of sp³-hybridized carbons (Fsp3) is 0.533. The van der Waals surface area contributed by atoms with Gasteiger partial charge in [-0.3, -0.25) is 4.79 Å². The summed E-state index contributed by atoms with van der Waals surface area (Å²) in [5.41, 5.74) is 7.75. The summed E-state index contributed by atoms with van der Waals surface area (Å²) in [5, 5.41) is 3.51. The van der Waals surface area contributed by atoms with Crippen molar-refractivity contribution in [1.82, 2.24) is 5.32 Å². The molecule has 1 aliphatic rings. The molecular weight excluding hydrogens is 240 g/mol. The third kappa shape index (κ3) is 3.47. The quantitative estimate of drug-likeness (QED) is 0.823. The fourth-order valence-corrected chi connectivity index (χ4v) is 2.67. The molecule has 0 aromatic heterocycles. The van der Waals surface area contributed by atoms with Crippen LogP contribution in [0.25, 0.3) is 0 Å². The summed E-state index contributed by atoms with van der Waals surface area (Å²) in [5.74, 6) is 0.580. The molecule has 1 unspecified atom stereocenters. The van der Waals surface area contributed by atoms with Crippen LogP contribution in [-0.2, 0) is 11.2 Å². The van der Waals surface area contributed by atoms with E-state index >= 15 is 0 Å². The van der Waals surface area contributed by atoms with Gasteiger partial charge in [0.2, 0.25) is 5.91 Å². The van der Waals surface area contributed by atoms with Gasteiger partial charge in [0.15, 0.2) is 0 Å². The fourth-order valence-electron chi connectivity index (χ4n) is 2.67. The molecule has 4 nitrogen and oxygen atoms in total. The van der Waals surface area contributed by atoms with Gasteiger partial charge in [-0.1, -0.05) is 19.1 Å². The Morgan fingerprint density at radius 1 is 1.53 bits per heavy atom. The van der Waals surface area contributed by atoms with Gasteiger partial charge in [0.05, 0.1) is 13.0 Å². The average molecular weight is 262 g/mol. The van der Waals surface area contributed by atoms with E-state index in [0.29, 0.717) is 12.6 Å². The van der Waals surface area contributed by atoms with E-state index in [4.69, 9.17) is 10.5 Å². The van der Waals surface area contributed by atoms with Crippen molar-refractivity contribution >= 4 is 5.91 Å². The number of hydrogen-bond acceptors (Lipinski definition) is 3. The van der Waals surface area contributed by atoms with Crippen molar-refractivity contribution in [2.24, 2.45) is 5.73 Å². The molecule has 1 atom stereocenters. The van der Waals surface area contributed by atoms with Crippen molar-refractivity contribution in [2.45, 2.75) is 38.6 Å². The van der Waals surface area contributed by atoms with Crippen LogP contribution in [0.15, 0.2) is 18.2 Å². The molecule has 0 spiro atoms. The number of fused-ring (bicyclic) bond motifs is 1. The van der Waals surface area contributed by atoms with Crippen molar-refractivity contribution in [3.63, 3.8) is 0 Å². The van der Waals surface area contributed by atoms with Crippen LogP contribution in [0.3, 0.4) is 0 Å². The van der Waals surface area contributed by atoms with Crippen molar-refractivity contribution in [1.29, 1.82) is 0 Å². The van der Waals surface area contributed by atoms with E-state index in [0.717, 1.165) is 18.7 Å². The summed E-state index contributed by atoms with van der Waals surface area (Å²) in [4.78, 5) is 10.7. The van der Waals surface area contributed by atoms with E-state index in [-0.39, 0.29) is 12.3 Å². The summed E-state index contributed by atoms with van der Waals surface area (Å²) in [6.07, 6.45) is 3.65. The van der Waals surface area contributed by atoms with Crippen LogP contribution in [0.1, 0.15) is 43.4 Å². The van der Waals surface area contributed by atoms with Crippen LogP contribution < -0.4 is 15.8 Å². The maximum atomic E-state index is 10.7. The Hall–Kier alpha value is -1.55. The highest BCUT2D eigenvalue weighted by molar-refractivity contribution is 5.73. The second-order valence-corrected chi connectivity index (χ2v) is 4.89. The highest BCUT2D eigenvalue weighted by atomic mass is 16.5. The van der Waals surface area contributed by atoms with Crippen LogP contribution in [0.4, 0.5) is 0 Å². The third-order valence-electron chi connectivity index (χ3n) is 3.52. The number of hydrogen-bond donors (Lipinski definition) is 2. The molecule has 19 heavy (non-hydrogen) atoms. The molecule has 1 aliphatic carbocycles. The average Bonchev–Trinajstić information content (AvgIpc) is 2.39. The zero-order valence-corrected chi connectivity index (χ0v) is 11.4. The van der Waals surface area contributed by atoms with Gasteiger partial charge in [-0.05, 0) is 43.0 Å². The SMILES string of the molecule is CCNC1CCCc2c(OCCC(N)=O)cccc21. The molecule has 0 bridgehead atoms. The Balaban J connectivity index is 2.12. The Bertz CT molecular complexity index is 446. The smallest absolute Gasteiger partial charge is 0.220 e. The second-order valence-electron chi connectivity index (χ2n) is 4.89. The standard InChI is InChI=1S/C15H22N2O2/c1-2-17-13-7-3-6-12-11(13)5-4-8-14(12)19-10-9-15(16)18/h4-5,8,13,17H,2-3,6-7,9-10H2,1H3,(H2,16,18). The van der Waals surface area contributed by atoms with Gasteiger partial charge < -0.3 is 15.8 Å². The van der Waals surface area contributed by atoms with Gasteiger partial charge in [0.1, 0.15) is 5.75 Å². The summed E-state index contributed by atoms with van der Waals surface area (Å²) >= 11 is 0. The largest absolute Gasteiger partial charge is 0.493 e. The molecule has 2 rings (SSSR count). The van der Waals surface area contributed by atoms with E-state index in [1.807, 2.05) is 12.1 Å². The molecule has 0 fully saturated rings. The number of benzene rings is 1. The van der Waals surface area contributed by atoms with Crippen LogP contribution in [0.5, 0.6) is 5.75 Å². The van der Waals surface area contributed by atoms with Gasteiger partial charge >= 0.3 is 0 Å². The summed E-state index contributed by atoms with van der Waals surface area (Å²) in [6, 6.07) is 6.60. The van der Waals surface area contributed by atoms with Crippen molar-refractivity contribution in [3.05, 3.63) is 29.3 Å². The predicted molar refractivity (Wildman–Crippen MR) is 75.1 cm³/mol. The molecule has 104 valence electrons. The number of nitrogens with one attached hydrogen (secondary N) is 1. The predicted octanol–water partition coefficient (Wildman–Crippen LogP) is 1.93. The van der Waals surface area contributed by atoms with E-state index in [2.05, 4.69) is 18.3 Å². The number of carbonyl (C=O) groups excluding carboxylic acids is 1. The molecule has 1 aromatic carbocycles. The van der Waals surface area contributed by atoms with Crippen LogP contribution in [0, 0.1) is 0 Å². The number of ether oxygens (including phenoxy) is 1. The van der Waals surface area contributed by atoms with Crippen LogP contribution in [0.2, 0.25) is 0 Å². The number of amides is 1. The first kappa shape index (κ1) is 13.9. The van der Waals surface area contributed by atoms with Gasteiger partial charge in [0, 0.05) is 6.04 Å². The van der Waals surface area contributed by atoms with Crippen molar-refractivity contribution in [2.75, 3.05) is 13.2 Å². The van der Waals surface area contributed by atoms with E-state index in [1.54, 1.807) is 0 Å². The second kappa shape index (κ2) is 6.57. The summed E-state index contributed by atoms with van der Waals surface area (Å²) < 4.78 is 5.71. The molecule has 1 aromatic rings. The number of carbonyl (C=O) groups is 1. The topological polar surface area (TPSA) is 64.3 Å². The Morgan fingerprint density at radius 3 is 3.11 bits per heavy atom. The number of primary amides is 1. The van der Waals surface area contributed by atoms with Crippen LogP contribution in [-0.4, -0.2) is 19.1 Å². The monoisotopic (exact) mass is 262 g/mol. The van der Waals surface area contributed by atoms with Gasteiger partial charge in [0.25, 0.3) is 0 Å². The molecule has 3 N–H and O–H groups in total. The lowest BCUT2D eigenvalue weighted by Crippen LogP contribution is -2.25. The molecule has 0 saturated heterocycles. The first-order valence-electron chi connectivity index (χ1n) is 6.98. The lowest BCUT2D eigenvalue weighted by Gasteiger charge is -2.27. The van der Waals surface area contributed by atoms with Crippen molar-refractivity contribution < 1.29 is 9.53 Å². The molecule has 1 amide bonds. The van der Waals surface area contributed by atoms with Crippen LogP contribution >= 0.6 is 0 Å². The maximum Gasteiger partial charge on any atom is 0.220 e. The van der Waals surface area contributed by atoms with E-state index < -0.39 is 0 Å². The van der Waals surface area contributed by atoms with Crippen molar-refractivity contribution in [3.8, 4) is 5.75 Å². The lowest BCUT2D eigenvalue weighted by molar-refractivity contribution is -0.118. The lowest BCUT2D eigenvalue weighted by atomic mass is 9.87. The Labute approximate surface area is 114 Å². The minimum Gasteiger partial charge on any atom is -0.493 e. The molecule has 0 radical (unpaired) electrons. The minimum atomic E-state index is -0.324. The van der Waals surface area contributed by atoms with Gasteiger partial charge in [-0.15, -0.1) is 0 Å². The zero-order valence-electron chi connectivity index (χ0n) is 11.4. The van der Waals surface area contributed by atoms with Gasteiger partial charge in [-0.25, -0.2) is 0 Å². The molecule has 4 heteroatoms. The first-order valence-corrected chi connectivity index (χ1v) is 6.98. The highest BCUT2D eigenvalue weighted by Gasteiger charge is 2.21. The molecule has 0 saturated carbocycles. The minimum absolute atomic E-state index is 0.264. The molecule has 0 heterocycles. The zero-order chi connectivity index (χ0) is 13.7. The van der Waals surface area contributed by atoms with Gasteiger partial charge in [-0.2, -0.15) is 0 Å². The number of nitrogens with two attached hydrogens (primary N) is 1. The molecule has 0 aliphatic heterocycles. The van der Waals surface area contributed by atoms with E-state index in [1.165, 1.54) is 24.0 Å². The summed E-state index contributed by atoms with van der Waals surface area (Å²) in [6.45, 7) is 3.45. The number of rotatable bonds is 6. The van der Waals surface area contributed by atoms with E-state index in [9.17, 15) is 4.79 Å². The first-order chi connectivity index (χ1) is 9.22. The Kier molecular flexibility index (Phi) is 4.80. The summed E-state index contributed by atoms with van der Waals surface area (Å²) in [7, 11) is 0. The normalized spacial score (nSPS) is 17.8.